The van der Waals surface area contributed by atoms with Gasteiger partial charge in [0, 0.05) is 0 Å². The number of nitrogens with zero attached hydrogens (tertiary/aromatic N) is 3. The number of hydrogen-bond donors (Lipinski definition) is 0. The van der Waals surface area contributed by atoms with Crippen molar-refractivity contribution in [2.45, 2.75) is 18.5 Å². The minimum absolute atomic E-state index is 0.230. The van der Waals surface area contributed by atoms with Crippen molar-refractivity contribution in [2.24, 2.45) is 5.10 Å². The average Bonchev–Trinajstić information content (AvgIpc) is 2.79. The lowest BCUT2D eigenvalue weighted by atomic mass is 10.2. The molecule has 1 aliphatic heterocycles. The van der Waals surface area contributed by atoms with E-state index >= 15 is 0 Å². The van der Waals surface area contributed by atoms with Gasteiger partial charge >= 0.3 is 12.0 Å². The molecule has 0 aromatic heterocycles. The molecule has 1 fully saturated rings. The van der Waals surface area contributed by atoms with Crippen molar-refractivity contribution >= 4 is 29.8 Å². The number of esters is 1. The van der Waals surface area contributed by atoms with Crippen LogP contribution in [0.1, 0.15) is 12.5 Å². The van der Waals surface area contributed by atoms with Crippen LogP contribution in [-0.4, -0.2) is 53.3 Å². The number of hydrogen-bond acceptors (Lipinski definition) is 4. The van der Waals surface area contributed by atoms with E-state index in [-0.39, 0.29) is 6.04 Å². The highest BCUT2D eigenvalue weighted by Gasteiger charge is 2.41. The molecule has 0 N–H and O–H groups in total. The molecule has 112 valence electrons. The number of hydrazone groups is 1. The lowest BCUT2D eigenvalue weighted by molar-refractivity contribution is -0.143. The van der Waals surface area contributed by atoms with Crippen molar-refractivity contribution < 1.29 is 14.3 Å². The molecular weight excluding hydrogens is 294 g/mol. The monoisotopic (exact) mass is 309 g/mol. The Hall–Kier alpha value is -2.08. The van der Waals surface area contributed by atoms with Crippen LogP contribution in [0.3, 0.4) is 0 Å². The molecule has 1 aromatic carbocycles. The number of carbonyl (C=O) groups excluding carboxylic acids is 2. The molecule has 1 aromatic rings. The molecular formula is C14H16ClN3O3. The van der Waals surface area contributed by atoms with Crippen LogP contribution in [0.2, 0.25) is 0 Å². The molecule has 0 spiro atoms. The fraction of sp³-hybridized carbons (Fsp3) is 0.357. The Morgan fingerprint density at radius 1 is 1.48 bits per heavy atom. The molecule has 1 unspecified atom stereocenters. The summed E-state index contributed by atoms with van der Waals surface area (Å²) in [7, 11) is 1.23. The number of methoxy groups -OCH3 is 1. The maximum atomic E-state index is 12.2. The second-order valence-corrected chi connectivity index (χ2v) is 5.05. The van der Waals surface area contributed by atoms with Gasteiger partial charge in [0.05, 0.1) is 25.9 Å². The van der Waals surface area contributed by atoms with Crippen LogP contribution in [0.15, 0.2) is 35.4 Å². The predicted molar refractivity (Wildman–Crippen MR) is 79.1 cm³/mol. The number of ether oxygens (including phenoxy) is 1. The molecule has 6 nitrogen and oxygen atoms in total. The van der Waals surface area contributed by atoms with Gasteiger partial charge in [-0.3, -0.25) is 4.90 Å². The number of urea groups is 1. The summed E-state index contributed by atoms with van der Waals surface area (Å²) in [4.78, 5) is 25.0. The van der Waals surface area contributed by atoms with Crippen LogP contribution in [0.5, 0.6) is 0 Å². The average molecular weight is 310 g/mol. The van der Waals surface area contributed by atoms with Crippen LogP contribution in [0.25, 0.3) is 0 Å². The van der Waals surface area contributed by atoms with E-state index in [4.69, 9.17) is 11.6 Å². The molecule has 0 radical (unpaired) electrons. The third-order valence-corrected chi connectivity index (χ3v) is 3.53. The van der Waals surface area contributed by atoms with Crippen molar-refractivity contribution in [1.29, 1.82) is 0 Å². The lowest BCUT2D eigenvalue weighted by Crippen LogP contribution is -2.43. The van der Waals surface area contributed by atoms with Crippen molar-refractivity contribution in [3.05, 3.63) is 35.9 Å². The first kappa shape index (κ1) is 15.3. The molecule has 2 rings (SSSR count). The van der Waals surface area contributed by atoms with Crippen molar-refractivity contribution in [3.8, 4) is 0 Å². The molecule has 1 saturated heterocycles. The van der Waals surface area contributed by atoms with Crippen molar-refractivity contribution in [3.63, 3.8) is 0 Å². The predicted octanol–water partition coefficient (Wildman–Crippen LogP) is 1.88. The number of halogens is 1. The smallest absolute Gasteiger partial charge is 0.344 e. The number of amides is 2. The van der Waals surface area contributed by atoms with Crippen LogP contribution in [-0.2, 0) is 9.53 Å². The third-order valence-electron chi connectivity index (χ3n) is 3.14. The summed E-state index contributed by atoms with van der Waals surface area (Å²) in [6.45, 7) is 2.16. The van der Waals surface area contributed by atoms with Crippen LogP contribution in [0.4, 0.5) is 4.79 Å². The molecule has 2 atom stereocenters. The Morgan fingerprint density at radius 3 is 2.76 bits per heavy atom. The van der Waals surface area contributed by atoms with Crippen LogP contribution >= 0.6 is 11.6 Å². The molecule has 21 heavy (non-hydrogen) atoms. The first-order chi connectivity index (χ1) is 10.0. The summed E-state index contributed by atoms with van der Waals surface area (Å²) in [5.41, 5.74) is -0.263. The quantitative estimate of drug-likeness (QED) is 0.369. The molecule has 2 amide bonds. The fourth-order valence-corrected chi connectivity index (χ4v) is 2.41. The first-order valence-corrected chi connectivity index (χ1v) is 6.89. The molecule has 1 heterocycles. The van der Waals surface area contributed by atoms with Gasteiger partial charge in [0.15, 0.2) is 0 Å². The highest BCUT2D eigenvalue weighted by atomic mass is 35.5. The SMILES string of the molecule is COC(=O)C(Cl)N1C(=O)N(/N=C/c2ccccc2)C[C@@H]1C. The van der Waals surface area contributed by atoms with E-state index in [0.29, 0.717) is 6.54 Å². The maximum absolute atomic E-state index is 12.2. The standard InChI is InChI=1S/C14H16ClN3O3/c1-10-9-17(16-8-11-6-4-3-5-7-11)14(20)18(10)12(15)13(19)21-2/h3-8,10,12H,9H2,1-2H3/b16-8+/t10-,12?/m0/s1. The fourth-order valence-electron chi connectivity index (χ4n) is 2.04. The largest absolute Gasteiger partial charge is 0.467 e. The van der Waals surface area contributed by atoms with Gasteiger partial charge in [-0.15, -0.1) is 0 Å². The topological polar surface area (TPSA) is 62.2 Å². The Morgan fingerprint density at radius 2 is 2.14 bits per heavy atom. The molecule has 0 bridgehead atoms. The van der Waals surface area contributed by atoms with Crippen LogP contribution in [0, 0.1) is 0 Å². The third kappa shape index (κ3) is 3.33. The summed E-state index contributed by atoms with van der Waals surface area (Å²) >= 11 is 5.96. The summed E-state index contributed by atoms with van der Waals surface area (Å²) < 4.78 is 4.56. The number of carbonyl (C=O) groups is 2. The second-order valence-electron chi connectivity index (χ2n) is 4.64. The molecule has 0 aliphatic carbocycles. The highest BCUT2D eigenvalue weighted by Crippen LogP contribution is 2.22. The van der Waals surface area contributed by atoms with Gasteiger partial charge in [-0.05, 0) is 12.5 Å². The zero-order chi connectivity index (χ0) is 15.4. The summed E-state index contributed by atoms with van der Waals surface area (Å²) in [5.74, 6) is -0.661. The highest BCUT2D eigenvalue weighted by molar-refractivity contribution is 6.30. The van der Waals surface area contributed by atoms with Gasteiger partial charge in [0.1, 0.15) is 0 Å². The van der Waals surface area contributed by atoms with Gasteiger partial charge in [0.25, 0.3) is 0 Å². The summed E-state index contributed by atoms with van der Waals surface area (Å²) in [5, 5.41) is 5.44. The van der Waals surface area contributed by atoms with E-state index in [1.807, 2.05) is 30.3 Å². The van der Waals surface area contributed by atoms with E-state index in [1.165, 1.54) is 17.0 Å². The summed E-state index contributed by atoms with van der Waals surface area (Å²) in [6.07, 6.45) is 1.59. The molecule has 7 heteroatoms. The molecule has 1 aliphatic rings. The summed E-state index contributed by atoms with van der Waals surface area (Å²) in [6, 6.07) is 8.78. The van der Waals surface area contributed by atoms with E-state index in [1.54, 1.807) is 13.1 Å². The normalized spacial score (nSPS) is 20.1. The zero-order valence-corrected chi connectivity index (χ0v) is 12.5. The minimum Gasteiger partial charge on any atom is -0.467 e. The van der Waals surface area contributed by atoms with E-state index in [2.05, 4.69) is 9.84 Å². The lowest BCUT2D eigenvalue weighted by Gasteiger charge is -2.23. The van der Waals surface area contributed by atoms with E-state index in [9.17, 15) is 9.59 Å². The maximum Gasteiger partial charge on any atom is 0.344 e. The van der Waals surface area contributed by atoms with Crippen molar-refractivity contribution in [2.75, 3.05) is 13.7 Å². The van der Waals surface area contributed by atoms with Gasteiger partial charge in [-0.25, -0.2) is 14.6 Å². The Kier molecular flexibility index (Phi) is 4.80. The Balaban J connectivity index is 2.09. The number of alkyl halides is 1. The van der Waals surface area contributed by atoms with Gasteiger partial charge in [0.2, 0.25) is 5.50 Å². The van der Waals surface area contributed by atoms with Gasteiger partial charge in [-0.1, -0.05) is 41.9 Å². The Labute approximate surface area is 127 Å². The van der Waals surface area contributed by atoms with Crippen molar-refractivity contribution in [1.82, 2.24) is 9.91 Å². The second kappa shape index (κ2) is 6.58. The number of benzene rings is 1. The van der Waals surface area contributed by atoms with Gasteiger partial charge in [-0.2, -0.15) is 5.10 Å². The molecule has 0 saturated carbocycles. The van der Waals surface area contributed by atoms with Crippen LogP contribution < -0.4 is 0 Å². The number of rotatable bonds is 4. The Bertz CT molecular complexity index is 550. The van der Waals surface area contributed by atoms with E-state index < -0.39 is 17.5 Å². The van der Waals surface area contributed by atoms with E-state index in [0.717, 1.165) is 5.56 Å². The zero-order valence-electron chi connectivity index (χ0n) is 11.8. The van der Waals surface area contributed by atoms with Gasteiger partial charge < -0.3 is 4.74 Å². The first-order valence-electron chi connectivity index (χ1n) is 6.45. The minimum atomic E-state index is -1.14.